The van der Waals surface area contributed by atoms with Crippen LogP contribution in [0.1, 0.15) is 6.42 Å². The van der Waals surface area contributed by atoms with E-state index in [2.05, 4.69) is 4.98 Å². The predicted octanol–water partition coefficient (Wildman–Crippen LogP) is 3.72. The average molecular weight is 323 g/mol. The van der Waals surface area contributed by atoms with E-state index < -0.39 is 11.6 Å². The van der Waals surface area contributed by atoms with Gasteiger partial charge in [-0.05, 0) is 11.4 Å². The maximum atomic E-state index is 13.5. The van der Waals surface area contributed by atoms with Gasteiger partial charge in [-0.3, -0.25) is 0 Å². The van der Waals surface area contributed by atoms with Crippen LogP contribution in [0.3, 0.4) is 0 Å². The zero-order chi connectivity index (χ0) is 15.0. The Balaban J connectivity index is 2.20. The van der Waals surface area contributed by atoms with Crippen LogP contribution in [0.15, 0.2) is 29.6 Å². The number of hydrogen-bond acceptors (Lipinski definition) is 3. The van der Waals surface area contributed by atoms with E-state index in [-0.39, 0.29) is 0 Å². The molecular weight excluding hydrogens is 312 g/mol. The molecule has 2 N–H and O–H groups in total. The molecule has 3 aromatic rings. The highest BCUT2D eigenvalue weighted by Gasteiger charge is 2.16. The zero-order valence-corrected chi connectivity index (χ0v) is 12.5. The van der Waals surface area contributed by atoms with E-state index in [0.717, 1.165) is 17.0 Å². The van der Waals surface area contributed by atoms with Crippen LogP contribution in [0.4, 0.5) is 8.78 Å². The Bertz CT molecular complexity index is 809. The van der Waals surface area contributed by atoms with E-state index in [4.69, 9.17) is 18.0 Å². The van der Waals surface area contributed by atoms with Gasteiger partial charge in [-0.1, -0.05) is 18.3 Å². The van der Waals surface area contributed by atoms with Crippen LogP contribution in [0, 0.1) is 11.6 Å². The topological polar surface area (TPSA) is 43.8 Å². The van der Waals surface area contributed by atoms with Crippen molar-refractivity contribution in [1.29, 1.82) is 0 Å². The van der Waals surface area contributed by atoms with Crippen molar-refractivity contribution in [2.75, 3.05) is 0 Å². The molecule has 7 heteroatoms. The zero-order valence-electron chi connectivity index (χ0n) is 10.8. The SMILES string of the molecule is NC(=S)CCn1c(-c2cccs2)nc2cc(F)c(F)cc21. The molecule has 3 nitrogen and oxygen atoms in total. The van der Waals surface area contributed by atoms with Crippen molar-refractivity contribution in [2.24, 2.45) is 5.73 Å². The van der Waals surface area contributed by atoms with Crippen molar-refractivity contribution in [3.8, 4) is 10.7 Å². The first-order chi connectivity index (χ1) is 10.1. The molecule has 0 saturated carbocycles. The van der Waals surface area contributed by atoms with Crippen LogP contribution >= 0.6 is 23.6 Å². The number of halogens is 2. The van der Waals surface area contributed by atoms with Crippen LogP contribution < -0.4 is 5.73 Å². The third kappa shape index (κ3) is 2.66. The molecule has 0 bridgehead atoms. The van der Waals surface area contributed by atoms with Gasteiger partial charge in [-0.15, -0.1) is 11.3 Å². The number of fused-ring (bicyclic) bond motifs is 1. The summed E-state index contributed by atoms with van der Waals surface area (Å²) in [5.41, 5.74) is 6.49. The normalized spacial score (nSPS) is 11.1. The molecule has 0 spiro atoms. The lowest BCUT2D eigenvalue weighted by molar-refractivity contribution is 0.510. The van der Waals surface area contributed by atoms with Crippen molar-refractivity contribution >= 4 is 39.6 Å². The second-order valence-corrected chi connectivity index (χ2v) is 6.01. The van der Waals surface area contributed by atoms with Gasteiger partial charge in [0.2, 0.25) is 0 Å². The number of rotatable bonds is 4. The van der Waals surface area contributed by atoms with Crippen molar-refractivity contribution < 1.29 is 8.78 Å². The first kappa shape index (κ1) is 14.1. The number of nitrogens with two attached hydrogens (primary N) is 1. The summed E-state index contributed by atoms with van der Waals surface area (Å²) in [6.45, 7) is 0.476. The lowest BCUT2D eigenvalue weighted by atomic mass is 10.3. The van der Waals surface area contributed by atoms with Gasteiger partial charge in [0.25, 0.3) is 0 Å². The van der Waals surface area contributed by atoms with Crippen LogP contribution in [0.2, 0.25) is 0 Å². The minimum atomic E-state index is -0.903. The van der Waals surface area contributed by atoms with Crippen LogP contribution in [0.5, 0.6) is 0 Å². The highest BCUT2D eigenvalue weighted by atomic mass is 32.1. The van der Waals surface area contributed by atoms with E-state index in [1.54, 1.807) is 0 Å². The molecule has 2 heterocycles. The summed E-state index contributed by atoms with van der Waals surface area (Å²) in [5, 5.41) is 1.92. The van der Waals surface area contributed by atoms with Crippen LogP contribution in [0.25, 0.3) is 21.7 Å². The minimum absolute atomic E-state index is 0.372. The second-order valence-electron chi connectivity index (χ2n) is 4.54. The quantitative estimate of drug-likeness (QED) is 0.744. The van der Waals surface area contributed by atoms with Gasteiger partial charge in [0.15, 0.2) is 17.5 Å². The van der Waals surface area contributed by atoms with E-state index in [0.29, 0.717) is 34.8 Å². The summed E-state index contributed by atoms with van der Waals surface area (Å²) in [6, 6.07) is 6.08. The van der Waals surface area contributed by atoms with Gasteiger partial charge >= 0.3 is 0 Å². The number of hydrogen-bond donors (Lipinski definition) is 1. The van der Waals surface area contributed by atoms with Gasteiger partial charge in [-0.2, -0.15) is 0 Å². The molecule has 0 saturated heterocycles. The van der Waals surface area contributed by atoms with Crippen LogP contribution in [-0.2, 0) is 6.54 Å². The molecule has 2 aromatic heterocycles. The Hall–Kier alpha value is -1.86. The molecule has 1 aromatic carbocycles. The predicted molar refractivity (Wildman–Crippen MR) is 84.4 cm³/mol. The Morgan fingerprint density at radius 1 is 1.33 bits per heavy atom. The van der Waals surface area contributed by atoms with Gasteiger partial charge in [0.1, 0.15) is 0 Å². The summed E-state index contributed by atoms with van der Waals surface area (Å²) in [5.74, 6) is -1.13. The van der Waals surface area contributed by atoms with Gasteiger partial charge in [-0.25, -0.2) is 13.8 Å². The van der Waals surface area contributed by atoms with Crippen molar-refractivity contribution in [3.63, 3.8) is 0 Å². The third-order valence-corrected chi connectivity index (χ3v) is 4.18. The summed E-state index contributed by atoms with van der Waals surface area (Å²) in [4.78, 5) is 5.72. The molecule has 0 unspecified atom stereocenters. The fourth-order valence-electron chi connectivity index (χ4n) is 2.16. The fraction of sp³-hybridized carbons (Fsp3) is 0.143. The van der Waals surface area contributed by atoms with Gasteiger partial charge < -0.3 is 10.3 Å². The minimum Gasteiger partial charge on any atom is -0.393 e. The lowest BCUT2D eigenvalue weighted by Gasteiger charge is -2.07. The van der Waals surface area contributed by atoms with E-state index in [1.165, 1.54) is 11.3 Å². The van der Waals surface area contributed by atoms with Crippen LogP contribution in [-0.4, -0.2) is 14.5 Å². The standard InChI is InChI=1S/C14H11F2N3S2/c15-8-6-10-11(7-9(8)16)19(4-3-13(17)20)14(18-10)12-2-1-5-21-12/h1-2,5-7H,3-4H2,(H2,17,20). The molecule has 0 amide bonds. The Labute approximate surface area is 129 Å². The largest absolute Gasteiger partial charge is 0.393 e. The summed E-state index contributed by atoms with van der Waals surface area (Å²) >= 11 is 6.41. The smallest absolute Gasteiger partial charge is 0.161 e. The number of benzene rings is 1. The molecule has 0 aliphatic heterocycles. The molecule has 108 valence electrons. The maximum Gasteiger partial charge on any atom is 0.161 e. The van der Waals surface area contributed by atoms with E-state index in [1.807, 2.05) is 22.1 Å². The third-order valence-electron chi connectivity index (χ3n) is 3.11. The first-order valence-corrected chi connectivity index (χ1v) is 7.52. The Morgan fingerprint density at radius 2 is 2.10 bits per heavy atom. The summed E-state index contributed by atoms with van der Waals surface area (Å²) in [7, 11) is 0. The molecule has 3 rings (SSSR count). The number of aromatic nitrogens is 2. The highest BCUT2D eigenvalue weighted by molar-refractivity contribution is 7.80. The molecular formula is C14H11F2N3S2. The van der Waals surface area contributed by atoms with Gasteiger partial charge in [0.05, 0.1) is 20.9 Å². The molecule has 0 fully saturated rings. The Morgan fingerprint density at radius 3 is 2.76 bits per heavy atom. The molecule has 0 atom stereocenters. The number of thiocarbonyl (C=S) groups is 1. The molecule has 0 aliphatic carbocycles. The molecule has 0 radical (unpaired) electrons. The second kappa shape index (κ2) is 5.50. The lowest BCUT2D eigenvalue weighted by Crippen LogP contribution is -2.12. The summed E-state index contributed by atoms with van der Waals surface area (Å²) in [6.07, 6.45) is 0.470. The number of thiophene rings is 1. The van der Waals surface area contributed by atoms with Crippen molar-refractivity contribution in [3.05, 3.63) is 41.3 Å². The molecule has 0 aliphatic rings. The van der Waals surface area contributed by atoms with E-state index in [9.17, 15) is 8.78 Å². The monoisotopic (exact) mass is 323 g/mol. The summed E-state index contributed by atoms with van der Waals surface area (Å²) < 4.78 is 28.7. The number of imidazole rings is 1. The Kier molecular flexibility index (Phi) is 3.69. The van der Waals surface area contributed by atoms with Gasteiger partial charge in [0, 0.05) is 25.1 Å². The van der Waals surface area contributed by atoms with Crippen molar-refractivity contribution in [2.45, 2.75) is 13.0 Å². The van der Waals surface area contributed by atoms with E-state index >= 15 is 0 Å². The highest BCUT2D eigenvalue weighted by Crippen LogP contribution is 2.29. The number of nitrogens with zero attached hydrogens (tertiary/aromatic N) is 2. The first-order valence-electron chi connectivity index (χ1n) is 6.23. The fourth-order valence-corrected chi connectivity index (χ4v) is 2.98. The molecule has 21 heavy (non-hydrogen) atoms. The van der Waals surface area contributed by atoms with Crippen molar-refractivity contribution in [1.82, 2.24) is 9.55 Å². The number of aryl methyl sites for hydroxylation is 1. The maximum absolute atomic E-state index is 13.5. The average Bonchev–Trinajstić information content (AvgIpc) is 3.04.